The van der Waals surface area contributed by atoms with Crippen molar-refractivity contribution >= 4 is 22.5 Å². The first-order valence-electron chi connectivity index (χ1n) is 8.71. The maximum absolute atomic E-state index is 13.4. The van der Waals surface area contributed by atoms with Gasteiger partial charge < -0.3 is 11.1 Å². The van der Waals surface area contributed by atoms with Crippen molar-refractivity contribution in [1.29, 1.82) is 0 Å². The van der Waals surface area contributed by atoms with Crippen molar-refractivity contribution in [2.24, 2.45) is 5.73 Å². The van der Waals surface area contributed by atoms with Gasteiger partial charge in [0.1, 0.15) is 12.5 Å². The lowest BCUT2D eigenvalue weighted by molar-refractivity contribution is 0.486. The molecular weight excluding hydrogens is 343 g/mol. The van der Waals surface area contributed by atoms with Crippen molar-refractivity contribution in [3.8, 4) is 11.4 Å². The SMILES string of the molecule is NCCc1cc(Nc2n[nH]c3ccccc23)nc(-c2ccccc2CF)n1. The number of anilines is 2. The minimum Gasteiger partial charge on any atom is -0.330 e. The standard InChI is InChI=1S/C20H19FN6/c21-12-13-5-1-2-6-15(13)19-23-14(9-10-22)11-18(24-19)25-20-16-7-3-4-8-17(16)26-27-20/h1-8,11H,9-10,12,22H2,(H2,23,24,25,26,27). The zero-order valence-electron chi connectivity index (χ0n) is 14.6. The lowest BCUT2D eigenvalue weighted by Crippen LogP contribution is -2.08. The number of rotatable bonds is 6. The Morgan fingerprint density at radius 2 is 1.85 bits per heavy atom. The number of nitrogens with one attached hydrogen (secondary N) is 2. The van der Waals surface area contributed by atoms with Crippen LogP contribution in [0.25, 0.3) is 22.3 Å². The zero-order chi connectivity index (χ0) is 18.6. The minimum atomic E-state index is -0.576. The maximum atomic E-state index is 13.4. The van der Waals surface area contributed by atoms with Gasteiger partial charge in [0.05, 0.1) is 5.52 Å². The summed E-state index contributed by atoms with van der Waals surface area (Å²) < 4.78 is 13.4. The second-order valence-corrected chi connectivity index (χ2v) is 6.14. The Bertz CT molecular complexity index is 1070. The summed E-state index contributed by atoms with van der Waals surface area (Å²) in [6.07, 6.45) is 0.601. The van der Waals surface area contributed by atoms with Gasteiger partial charge >= 0.3 is 0 Å². The summed E-state index contributed by atoms with van der Waals surface area (Å²) in [5, 5.41) is 11.5. The molecule has 0 radical (unpaired) electrons. The number of nitrogens with two attached hydrogens (primary N) is 1. The van der Waals surface area contributed by atoms with Gasteiger partial charge in [-0.15, -0.1) is 0 Å². The van der Waals surface area contributed by atoms with Crippen LogP contribution in [0.2, 0.25) is 0 Å². The predicted molar refractivity (Wildman–Crippen MR) is 104 cm³/mol. The molecule has 0 spiro atoms. The molecule has 0 bridgehead atoms. The van der Waals surface area contributed by atoms with Crippen LogP contribution in [-0.4, -0.2) is 26.7 Å². The lowest BCUT2D eigenvalue weighted by atomic mass is 10.1. The number of fused-ring (bicyclic) bond motifs is 1. The molecule has 0 saturated carbocycles. The van der Waals surface area contributed by atoms with E-state index in [1.165, 1.54) is 0 Å². The van der Waals surface area contributed by atoms with Gasteiger partial charge in [-0.2, -0.15) is 5.10 Å². The maximum Gasteiger partial charge on any atom is 0.162 e. The van der Waals surface area contributed by atoms with Crippen LogP contribution in [-0.2, 0) is 13.1 Å². The van der Waals surface area contributed by atoms with E-state index in [4.69, 9.17) is 5.73 Å². The second kappa shape index (κ2) is 7.51. The van der Waals surface area contributed by atoms with Gasteiger partial charge in [-0.1, -0.05) is 36.4 Å². The molecule has 0 unspecified atom stereocenters. The molecule has 2 aromatic heterocycles. The van der Waals surface area contributed by atoms with Crippen molar-refractivity contribution in [3.63, 3.8) is 0 Å². The van der Waals surface area contributed by atoms with E-state index in [-0.39, 0.29) is 0 Å². The van der Waals surface area contributed by atoms with E-state index in [0.29, 0.717) is 41.6 Å². The van der Waals surface area contributed by atoms with Crippen LogP contribution in [0.3, 0.4) is 0 Å². The molecule has 0 aliphatic heterocycles. The molecular formula is C20H19FN6. The Balaban J connectivity index is 1.77. The van der Waals surface area contributed by atoms with Crippen molar-refractivity contribution in [2.75, 3.05) is 11.9 Å². The van der Waals surface area contributed by atoms with Crippen LogP contribution in [0.4, 0.5) is 16.0 Å². The van der Waals surface area contributed by atoms with Gasteiger partial charge in [0.25, 0.3) is 0 Å². The molecule has 136 valence electrons. The van der Waals surface area contributed by atoms with Crippen LogP contribution in [0.5, 0.6) is 0 Å². The van der Waals surface area contributed by atoms with Crippen LogP contribution in [0, 0.1) is 0 Å². The number of benzene rings is 2. The first kappa shape index (κ1) is 17.1. The van der Waals surface area contributed by atoms with Crippen LogP contribution in [0.1, 0.15) is 11.3 Å². The number of alkyl halides is 1. The number of para-hydroxylation sites is 1. The number of hydrogen-bond acceptors (Lipinski definition) is 5. The molecule has 0 atom stereocenters. The first-order chi connectivity index (χ1) is 13.3. The Morgan fingerprint density at radius 1 is 1.04 bits per heavy atom. The fraction of sp³-hybridized carbons (Fsp3) is 0.150. The lowest BCUT2D eigenvalue weighted by Gasteiger charge is -2.11. The number of nitrogens with zero attached hydrogens (tertiary/aromatic N) is 3. The van der Waals surface area contributed by atoms with Crippen molar-refractivity contribution in [2.45, 2.75) is 13.1 Å². The summed E-state index contributed by atoms with van der Waals surface area (Å²) in [6.45, 7) is -0.112. The normalized spacial score (nSPS) is 11.0. The monoisotopic (exact) mass is 362 g/mol. The summed E-state index contributed by atoms with van der Waals surface area (Å²) >= 11 is 0. The van der Waals surface area contributed by atoms with E-state index in [1.807, 2.05) is 42.5 Å². The van der Waals surface area contributed by atoms with Gasteiger partial charge in [0, 0.05) is 29.1 Å². The third-order valence-electron chi connectivity index (χ3n) is 4.30. The third-order valence-corrected chi connectivity index (χ3v) is 4.30. The molecule has 4 aromatic rings. The van der Waals surface area contributed by atoms with E-state index >= 15 is 0 Å². The summed E-state index contributed by atoms with van der Waals surface area (Å²) in [7, 11) is 0. The summed E-state index contributed by atoms with van der Waals surface area (Å²) in [5.41, 5.74) is 8.66. The van der Waals surface area contributed by atoms with E-state index in [0.717, 1.165) is 16.6 Å². The number of halogens is 1. The summed E-state index contributed by atoms with van der Waals surface area (Å²) in [4.78, 5) is 9.16. The van der Waals surface area contributed by atoms with Gasteiger partial charge in [-0.25, -0.2) is 14.4 Å². The molecule has 27 heavy (non-hydrogen) atoms. The molecule has 0 saturated heterocycles. The first-order valence-corrected chi connectivity index (χ1v) is 8.71. The highest BCUT2D eigenvalue weighted by Crippen LogP contribution is 2.26. The average Bonchev–Trinajstić information content (AvgIpc) is 3.11. The molecule has 0 fully saturated rings. The van der Waals surface area contributed by atoms with Crippen LogP contribution >= 0.6 is 0 Å². The van der Waals surface area contributed by atoms with Gasteiger partial charge in [-0.3, -0.25) is 5.10 Å². The molecule has 6 nitrogen and oxygen atoms in total. The molecule has 2 heterocycles. The molecule has 7 heteroatoms. The fourth-order valence-electron chi connectivity index (χ4n) is 2.99. The van der Waals surface area contributed by atoms with Crippen LogP contribution < -0.4 is 11.1 Å². The van der Waals surface area contributed by atoms with Gasteiger partial charge in [0.15, 0.2) is 11.6 Å². The third kappa shape index (κ3) is 3.50. The largest absolute Gasteiger partial charge is 0.330 e. The van der Waals surface area contributed by atoms with Crippen molar-refractivity contribution in [3.05, 3.63) is 65.9 Å². The fourth-order valence-corrected chi connectivity index (χ4v) is 2.99. The van der Waals surface area contributed by atoms with Gasteiger partial charge in [-0.05, 0) is 24.2 Å². The Morgan fingerprint density at radius 3 is 2.70 bits per heavy atom. The topological polar surface area (TPSA) is 92.5 Å². The van der Waals surface area contributed by atoms with Crippen molar-refractivity contribution < 1.29 is 4.39 Å². The highest BCUT2D eigenvalue weighted by atomic mass is 19.1. The quantitative estimate of drug-likeness (QED) is 0.486. The van der Waals surface area contributed by atoms with Crippen molar-refractivity contribution in [1.82, 2.24) is 20.2 Å². The molecule has 2 aromatic carbocycles. The smallest absolute Gasteiger partial charge is 0.162 e. The Labute approximate surface area is 155 Å². The summed E-state index contributed by atoms with van der Waals surface area (Å²) in [6, 6.07) is 16.9. The zero-order valence-corrected chi connectivity index (χ0v) is 14.6. The predicted octanol–water partition coefficient (Wildman–Crippen LogP) is 3.73. The Kier molecular flexibility index (Phi) is 4.76. The highest BCUT2D eigenvalue weighted by Gasteiger charge is 2.12. The number of H-pyrrole nitrogens is 1. The molecule has 0 aliphatic rings. The Hall–Kier alpha value is -3.32. The summed E-state index contributed by atoms with van der Waals surface area (Å²) in [5.74, 6) is 1.73. The number of hydrogen-bond donors (Lipinski definition) is 3. The highest BCUT2D eigenvalue weighted by molar-refractivity contribution is 5.91. The molecule has 0 aliphatic carbocycles. The van der Waals surface area contributed by atoms with E-state index in [9.17, 15) is 4.39 Å². The average molecular weight is 362 g/mol. The molecule has 0 amide bonds. The second-order valence-electron chi connectivity index (χ2n) is 6.14. The molecule has 4 N–H and O–H groups in total. The van der Waals surface area contributed by atoms with E-state index in [2.05, 4.69) is 25.5 Å². The number of aromatic nitrogens is 4. The number of aromatic amines is 1. The minimum absolute atomic E-state index is 0.464. The molecule has 4 rings (SSSR count). The van der Waals surface area contributed by atoms with Crippen LogP contribution in [0.15, 0.2) is 54.6 Å². The van der Waals surface area contributed by atoms with E-state index < -0.39 is 6.67 Å². The van der Waals surface area contributed by atoms with Gasteiger partial charge in [0.2, 0.25) is 0 Å². The van der Waals surface area contributed by atoms with E-state index in [1.54, 1.807) is 12.1 Å².